The van der Waals surface area contributed by atoms with Gasteiger partial charge in [-0.2, -0.15) is 0 Å². The van der Waals surface area contributed by atoms with Crippen LogP contribution < -0.4 is 5.32 Å². The fourth-order valence-corrected chi connectivity index (χ4v) is 2.54. The van der Waals surface area contributed by atoms with Gasteiger partial charge < -0.3 is 10.1 Å². The van der Waals surface area contributed by atoms with Gasteiger partial charge in [-0.25, -0.2) is 4.79 Å². The van der Waals surface area contributed by atoms with Crippen LogP contribution in [0.5, 0.6) is 0 Å². The molecule has 22 heavy (non-hydrogen) atoms. The Morgan fingerprint density at radius 3 is 2.23 bits per heavy atom. The lowest BCUT2D eigenvalue weighted by Crippen LogP contribution is -2.21. The Bertz CT molecular complexity index is 684. The van der Waals surface area contributed by atoms with Crippen molar-refractivity contribution in [3.8, 4) is 0 Å². The molecule has 0 radical (unpaired) electrons. The third-order valence-corrected chi connectivity index (χ3v) is 3.98. The zero-order valence-electron chi connectivity index (χ0n) is 11.1. The molecule has 7 heteroatoms. The number of hydrogen-bond acceptors (Lipinski definition) is 3. The number of anilines is 1. The summed E-state index contributed by atoms with van der Waals surface area (Å²) in [5.74, 6) is -1.19. The number of nitrogens with one attached hydrogen (secondary N) is 1. The standard InChI is InChI=1S/C15H10Cl2INO3/c16-11-2-1-3-12(17)14(11)15(21)22-8-13(20)19-10-6-4-9(18)5-7-10/h1-7H,8H2,(H,19,20). The molecule has 0 bridgehead atoms. The molecule has 0 aliphatic carbocycles. The first kappa shape index (κ1) is 17.1. The molecule has 4 nitrogen and oxygen atoms in total. The van der Waals surface area contributed by atoms with Gasteiger partial charge in [0.15, 0.2) is 6.61 Å². The highest BCUT2D eigenvalue weighted by molar-refractivity contribution is 14.1. The molecule has 2 aromatic carbocycles. The second-order valence-electron chi connectivity index (χ2n) is 4.23. The fourth-order valence-electron chi connectivity index (χ4n) is 1.63. The van der Waals surface area contributed by atoms with Crippen LogP contribution in [-0.2, 0) is 9.53 Å². The van der Waals surface area contributed by atoms with Gasteiger partial charge in [-0.3, -0.25) is 4.79 Å². The van der Waals surface area contributed by atoms with Crippen LogP contribution in [0.3, 0.4) is 0 Å². The number of amides is 1. The first-order chi connectivity index (χ1) is 10.5. The van der Waals surface area contributed by atoms with Crippen LogP contribution in [0, 0.1) is 3.57 Å². The Morgan fingerprint density at radius 2 is 1.64 bits per heavy atom. The van der Waals surface area contributed by atoms with Crippen LogP contribution >= 0.6 is 45.8 Å². The summed E-state index contributed by atoms with van der Waals surface area (Å²) in [4.78, 5) is 23.7. The van der Waals surface area contributed by atoms with Crippen LogP contribution in [0.1, 0.15) is 10.4 Å². The van der Waals surface area contributed by atoms with Gasteiger partial charge in [-0.15, -0.1) is 0 Å². The Hall–Kier alpha value is -1.31. The highest BCUT2D eigenvalue weighted by atomic mass is 127. The van der Waals surface area contributed by atoms with E-state index in [1.807, 2.05) is 12.1 Å². The van der Waals surface area contributed by atoms with Gasteiger partial charge in [0.05, 0.1) is 15.6 Å². The number of ether oxygens (including phenoxy) is 1. The van der Waals surface area contributed by atoms with Gasteiger partial charge in [-0.1, -0.05) is 29.3 Å². The third kappa shape index (κ3) is 4.59. The smallest absolute Gasteiger partial charge is 0.341 e. The maximum Gasteiger partial charge on any atom is 0.341 e. The van der Waals surface area contributed by atoms with E-state index in [2.05, 4.69) is 27.9 Å². The fraction of sp³-hybridized carbons (Fsp3) is 0.0667. The molecular weight excluding hydrogens is 440 g/mol. The summed E-state index contributed by atoms with van der Waals surface area (Å²) in [7, 11) is 0. The van der Waals surface area contributed by atoms with Gasteiger partial charge in [-0.05, 0) is 59.0 Å². The van der Waals surface area contributed by atoms with Crippen molar-refractivity contribution < 1.29 is 14.3 Å². The number of hydrogen-bond donors (Lipinski definition) is 1. The Kier molecular flexibility index (Phi) is 6.05. The highest BCUT2D eigenvalue weighted by Gasteiger charge is 2.17. The molecule has 0 spiro atoms. The van der Waals surface area contributed by atoms with Crippen LogP contribution in [0.15, 0.2) is 42.5 Å². The molecule has 0 atom stereocenters. The van der Waals surface area contributed by atoms with Crippen molar-refractivity contribution in [2.24, 2.45) is 0 Å². The Balaban J connectivity index is 1.93. The van der Waals surface area contributed by atoms with Gasteiger partial charge in [0, 0.05) is 9.26 Å². The molecule has 1 amide bonds. The van der Waals surface area contributed by atoms with Crippen LogP contribution in [-0.4, -0.2) is 18.5 Å². The van der Waals surface area contributed by atoms with Gasteiger partial charge in [0.25, 0.3) is 5.91 Å². The van der Waals surface area contributed by atoms with E-state index >= 15 is 0 Å². The zero-order chi connectivity index (χ0) is 16.1. The second kappa shape index (κ2) is 7.80. The van der Waals surface area contributed by atoms with E-state index < -0.39 is 18.5 Å². The third-order valence-electron chi connectivity index (χ3n) is 2.63. The van der Waals surface area contributed by atoms with Crippen LogP contribution in [0.2, 0.25) is 10.0 Å². The normalized spacial score (nSPS) is 10.1. The minimum Gasteiger partial charge on any atom is -0.452 e. The molecule has 0 saturated heterocycles. The molecule has 0 heterocycles. The molecule has 2 aromatic rings. The summed E-state index contributed by atoms with van der Waals surface area (Å²) >= 11 is 14.0. The van der Waals surface area contributed by atoms with E-state index in [9.17, 15) is 9.59 Å². The average Bonchev–Trinajstić information content (AvgIpc) is 2.47. The summed E-state index contributed by atoms with van der Waals surface area (Å²) in [5.41, 5.74) is 0.671. The van der Waals surface area contributed by atoms with Crippen molar-refractivity contribution in [2.45, 2.75) is 0 Å². The van der Waals surface area contributed by atoms with Crippen LogP contribution in [0.25, 0.3) is 0 Å². The number of benzene rings is 2. The highest BCUT2D eigenvalue weighted by Crippen LogP contribution is 2.24. The summed E-state index contributed by atoms with van der Waals surface area (Å²) in [6.45, 7) is -0.424. The number of halogens is 3. The zero-order valence-corrected chi connectivity index (χ0v) is 14.8. The minimum atomic E-state index is -0.742. The van der Waals surface area contributed by atoms with Crippen molar-refractivity contribution in [3.63, 3.8) is 0 Å². The second-order valence-corrected chi connectivity index (χ2v) is 6.29. The van der Waals surface area contributed by atoms with E-state index in [1.165, 1.54) is 12.1 Å². The lowest BCUT2D eigenvalue weighted by molar-refractivity contribution is -0.119. The van der Waals surface area contributed by atoms with Crippen molar-refractivity contribution in [3.05, 3.63) is 61.6 Å². The molecule has 0 saturated carbocycles. The summed E-state index contributed by atoms with van der Waals surface area (Å²) in [6.07, 6.45) is 0. The van der Waals surface area contributed by atoms with Gasteiger partial charge in [0.2, 0.25) is 0 Å². The summed E-state index contributed by atoms with van der Waals surface area (Å²) in [6, 6.07) is 11.9. The van der Waals surface area contributed by atoms with E-state index in [1.54, 1.807) is 18.2 Å². The first-order valence-corrected chi connectivity index (χ1v) is 7.97. The Labute approximate surface area is 150 Å². The maximum absolute atomic E-state index is 11.9. The number of carbonyl (C=O) groups is 2. The van der Waals surface area contributed by atoms with E-state index in [4.69, 9.17) is 27.9 Å². The Morgan fingerprint density at radius 1 is 1.05 bits per heavy atom. The molecule has 0 unspecified atom stereocenters. The number of esters is 1. The SMILES string of the molecule is O=C(COC(=O)c1c(Cl)cccc1Cl)Nc1ccc(I)cc1. The van der Waals surface area contributed by atoms with Crippen molar-refractivity contribution >= 4 is 63.4 Å². The summed E-state index contributed by atoms with van der Waals surface area (Å²) in [5, 5.41) is 2.97. The molecule has 0 aromatic heterocycles. The molecule has 0 aliphatic heterocycles. The molecule has 114 valence electrons. The van der Waals surface area contributed by atoms with Crippen molar-refractivity contribution in [1.82, 2.24) is 0 Å². The van der Waals surface area contributed by atoms with E-state index in [0.29, 0.717) is 5.69 Å². The lowest BCUT2D eigenvalue weighted by Gasteiger charge is -2.08. The molecule has 0 fully saturated rings. The van der Waals surface area contributed by atoms with Crippen molar-refractivity contribution in [2.75, 3.05) is 11.9 Å². The monoisotopic (exact) mass is 449 g/mol. The number of carbonyl (C=O) groups excluding carboxylic acids is 2. The molecule has 0 aliphatic rings. The van der Waals surface area contributed by atoms with Gasteiger partial charge >= 0.3 is 5.97 Å². The predicted octanol–water partition coefficient (Wildman–Crippen LogP) is 4.39. The molecule has 1 N–H and O–H groups in total. The maximum atomic E-state index is 11.9. The number of rotatable bonds is 4. The largest absolute Gasteiger partial charge is 0.452 e. The topological polar surface area (TPSA) is 55.4 Å². The lowest BCUT2D eigenvalue weighted by atomic mass is 10.2. The van der Waals surface area contributed by atoms with Crippen LogP contribution in [0.4, 0.5) is 5.69 Å². The molecule has 2 rings (SSSR count). The predicted molar refractivity (Wildman–Crippen MR) is 94.5 cm³/mol. The van der Waals surface area contributed by atoms with Crippen molar-refractivity contribution in [1.29, 1.82) is 0 Å². The first-order valence-electron chi connectivity index (χ1n) is 6.14. The van der Waals surface area contributed by atoms with Gasteiger partial charge in [0.1, 0.15) is 0 Å². The summed E-state index contributed by atoms with van der Waals surface area (Å²) < 4.78 is 5.98. The quantitative estimate of drug-likeness (QED) is 0.556. The van der Waals surface area contributed by atoms with E-state index in [-0.39, 0.29) is 15.6 Å². The minimum absolute atomic E-state index is 0.0490. The molecular formula is C15H10Cl2INO3. The van der Waals surface area contributed by atoms with E-state index in [0.717, 1.165) is 3.57 Å². The average molecular weight is 450 g/mol.